The van der Waals surface area contributed by atoms with Crippen molar-refractivity contribution >= 4 is 5.97 Å². The van der Waals surface area contributed by atoms with Crippen LogP contribution in [0.4, 0.5) is 0 Å². The van der Waals surface area contributed by atoms with Gasteiger partial charge in [-0.1, -0.05) is 29.3 Å². The molecule has 1 aromatic carbocycles. The van der Waals surface area contributed by atoms with E-state index in [9.17, 15) is 4.79 Å². The van der Waals surface area contributed by atoms with Gasteiger partial charge in [-0.2, -0.15) is 0 Å². The third-order valence-electron chi connectivity index (χ3n) is 3.27. The van der Waals surface area contributed by atoms with Crippen molar-refractivity contribution < 1.29 is 14.3 Å². The number of esters is 1. The summed E-state index contributed by atoms with van der Waals surface area (Å²) in [6, 6.07) is 6.12. The molecule has 1 unspecified atom stereocenters. The molecular formula is C16H25NO3. The summed E-state index contributed by atoms with van der Waals surface area (Å²) in [7, 11) is 1.64. The summed E-state index contributed by atoms with van der Waals surface area (Å²) in [5, 5.41) is 3.25. The molecule has 0 bridgehead atoms. The predicted octanol–water partition coefficient (Wildman–Crippen LogP) is 2.32. The van der Waals surface area contributed by atoms with Crippen LogP contribution in [0.25, 0.3) is 0 Å². The lowest BCUT2D eigenvalue weighted by molar-refractivity contribution is -0.151. The minimum Gasteiger partial charge on any atom is -0.464 e. The van der Waals surface area contributed by atoms with Crippen LogP contribution in [0.2, 0.25) is 0 Å². The maximum Gasteiger partial charge on any atom is 0.330 e. The first-order valence-electron chi connectivity index (χ1n) is 6.94. The first-order chi connectivity index (χ1) is 9.43. The molecule has 0 aromatic heterocycles. The molecule has 1 rings (SSSR count). The number of carbonyl (C=O) groups excluding carboxylic acids is 1. The molecule has 0 fully saturated rings. The van der Waals surface area contributed by atoms with E-state index < -0.39 is 5.54 Å². The Morgan fingerprint density at radius 1 is 1.25 bits per heavy atom. The molecule has 0 spiro atoms. The van der Waals surface area contributed by atoms with Gasteiger partial charge in [0, 0.05) is 13.7 Å². The fourth-order valence-electron chi connectivity index (χ4n) is 2.23. The van der Waals surface area contributed by atoms with Gasteiger partial charge in [-0.05, 0) is 33.3 Å². The second-order valence-electron chi connectivity index (χ2n) is 5.14. The van der Waals surface area contributed by atoms with E-state index in [4.69, 9.17) is 9.47 Å². The highest BCUT2D eigenvalue weighted by molar-refractivity contribution is 5.82. The molecule has 0 aliphatic carbocycles. The Morgan fingerprint density at radius 2 is 1.85 bits per heavy atom. The molecule has 0 amide bonds. The highest BCUT2D eigenvalue weighted by Crippen LogP contribution is 2.25. The van der Waals surface area contributed by atoms with Crippen LogP contribution < -0.4 is 5.32 Å². The van der Waals surface area contributed by atoms with Gasteiger partial charge in [0.2, 0.25) is 0 Å². The van der Waals surface area contributed by atoms with Crippen LogP contribution >= 0.6 is 0 Å². The van der Waals surface area contributed by atoms with Crippen LogP contribution in [0.1, 0.15) is 30.5 Å². The van der Waals surface area contributed by atoms with Gasteiger partial charge < -0.3 is 9.47 Å². The summed E-state index contributed by atoms with van der Waals surface area (Å²) < 4.78 is 10.3. The van der Waals surface area contributed by atoms with Crippen molar-refractivity contribution in [3.63, 3.8) is 0 Å². The number of nitrogens with one attached hydrogen (secondary N) is 1. The zero-order valence-electron chi connectivity index (χ0n) is 13.1. The maximum absolute atomic E-state index is 12.4. The van der Waals surface area contributed by atoms with E-state index in [0.717, 1.165) is 16.7 Å². The van der Waals surface area contributed by atoms with Gasteiger partial charge in [0.15, 0.2) is 0 Å². The third kappa shape index (κ3) is 4.05. The van der Waals surface area contributed by atoms with Gasteiger partial charge >= 0.3 is 5.97 Å². The molecule has 112 valence electrons. The van der Waals surface area contributed by atoms with E-state index in [1.807, 2.05) is 39.8 Å². The summed E-state index contributed by atoms with van der Waals surface area (Å²) in [6.07, 6.45) is 0. The first-order valence-corrected chi connectivity index (χ1v) is 6.94. The molecule has 0 aliphatic heterocycles. The van der Waals surface area contributed by atoms with Crippen LogP contribution in [0, 0.1) is 13.8 Å². The van der Waals surface area contributed by atoms with E-state index in [-0.39, 0.29) is 5.97 Å². The van der Waals surface area contributed by atoms with Crippen molar-refractivity contribution in [2.24, 2.45) is 0 Å². The van der Waals surface area contributed by atoms with Crippen molar-refractivity contribution in [2.45, 2.75) is 33.2 Å². The molecule has 20 heavy (non-hydrogen) atoms. The quantitative estimate of drug-likeness (QED) is 0.614. The van der Waals surface area contributed by atoms with Gasteiger partial charge in [0.25, 0.3) is 0 Å². The average Bonchev–Trinajstić information content (AvgIpc) is 2.38. The third-order valence-corrected chi connectivity index (χ3v) is 3.27. The molecule has 1 atom stereocenters. The predicted molar refractivity (Wildman–Crippen MR) is 79.8 cm³/mol. The van der Waals surface area contributed by atoms with Crippen LogP contribution in [0.3, 0.4) is 0 Å². The number of ether oxygens (including phenoxy) is 2. The van der Waals surface area contributed by atoms with Crippen molar-refractivity contribution in [1.29, 1.82) is 0 Å². The highest BCUT2D eigenvalue weighted by atomic mass is 16.5. The summed E-state index contributed by atoms with van der Waals surface area (Å²) in [5.74, 6) is -0.263. The van der Waals surface area contributed by atoms with E-state index >= 15 is 0 Å². The molecule has 0 saturated carbocycles. The molecule has 1 N–H and O–H groups in total. The largest absolute Gasteiger partial charge is 0.464 e. The first kappa shape index (κ1) is 16.7. The minimum absolute atomic E-state index is 0.263. The smallest absolute Gasteiger partial charge is 0.330 e. The topological polar surface area (TPSA) is 47.6 Å². The number of aryl methyl sites for hydroxylation is 2. The van der Waals surface area contributed by atoms with Crippen molar-refractivity contribution in [2.75, 3.05) is 26.9 Å². The Morgan fingerprint density at radius 3 is 2.35 bits per heavy atom. The molecule has 4 heteroatoms. The standard InChI is InChI=1S/C16H25NO3/c1-6-20-15(18)16(4,17-7-8-19-5)14-10-12(2)9-13(3)11-14/h9-11,17H,6-8H2,1-5H3. The fourth-order valence-corrected chi connectivity index (χ4v) is 2.23. The summed E-state index contributed by atoms with van der Waals surface area (Å²) in [6.45, 7) is 9.21. The summed E-state index contributed by atoms with van der Waals surface area (Å²) >= 11 is 0. The summed E-state index contributed by atoms with van der Waals surface area (Å²) in [4.78, 5) is 12.4. The van der Waals surface area contributed by atoms with Gasteiger partial charge in [-0.15, -0.1) is 0 Å². The number of hydrogen-bond acceptors (Lipinski definition) is 4. The molecule has 1 aromatic rings. The lowest BCUT2D eigenvalue weighted by Gasteiger charge is -2.29. The Balaban J connectivity index is 3.10. The number of methoxy groups -OCH3 is 1. The van der Waals surface area contributed by atoms with E-state index in [2.05, 4.69) is 11.4 Å². The van der Waals surface area contributed by atoms with E-state index in [0.29, 0.717) is 19.8 Å². The fraction of sp³-hybridized carbons (Fsp3) is 0.562. The number of hydrogen-bond donors (Lipinski definition) is 1. The molecule has 0 saturated heterocycles. The van der Waals surface area contributed by atoms with Gasteiger partial charge in [0.1, 0.15) is 5.54 Å². The van der Waals surface area contributed by atoms with Crippen LogP contribution in [0.15, 0.2) is 18.2 Å². The van der Waals surface area contributed by atoms with Crippen molar-refractivity contribution in [3.8, 4) is 0 Å². The zero-order chi connectivity index (χ0) is 15.2. The number of carbonyl (C=O) groups is 1. The zero-order valence-corrected chi connectivity index (χ0v) is 13.1. The van der Waals surface area contributed by atoms with Gasteiger partial charge in [-0.3, -0.25) is 5.32 Å². The lowest BCUT2D eigenvalue weighted by atomic mass is 9.89. The maximum atomic E-state index is 12.4. The van der Waals surface area contributed by atoms with Crippen LogP contribution in [-0.4, -0.2) is 32.8 Å². The lowest BCUT2D eigenvalue weighted by Crippen LogP contribution is -2.49. The SMILES string of the molecule is CCOC(=O)C(C)(NCCOC)c1cc(C)cc(C)c1. The second kappa shape index (κ2) is 7.41. The molecule has 4 nitrogen and oxygen atoms in total. The Bertz CT molecular complexity index is 439. The van der Waals surface area contributed by atoms with Crippen LogP contribution in [-0.2, 0) is 19.8 Å². The van der Waals surface area contributed by atoms with Crippen molar-refractivity contribution in [1.82, 2.24) is 5.32 Å². The molecule has 0 aliphatic rings. The second-order valence-corrected chi connectivity index (χ2v) is 5.14. The number of rotatable bonds is 7. The molecule has 0 radical (unpaired) electrons. The minimum atomic E-state index is -0.856. The Labute approximate surface area is 121 Å². The van der Waals surface area contributed by atoms with Crippen molar-refractivity contribution in [3.05, 3.63) is 34.9 Å². The van der Waals surface area contributed by atoms with Crippen LogP contribution in [0.5, 0.6) is 0 Å². The Hall–Kier alpha value is -1.39. The van der Waals surface area contributed by atoms with Gasteiger partial charge in [-0.25, -0.2) is 4.79 Å². The average molecular weight is 279 g/mol. The number of benzene rings is 1. The highest BCUT2D eigenvalue weighted by Gasteiger charge is 2.36. The monoisotopic (exact) mass is 279 g/mol. The summed E-state index contributed by atoms with van der Waals surface area (Å²) in [5.41, 5.74) is 2.32. The van der Waals surface area contributed by atoms with E-state index in [1.165, 1.54) is 0 Å². The Kier molecular flexibility index (Phi) is 6.17. The normalized spacial score (nSPS) is 13.8. The molecular weight excluding hydrogens is 254 g/mol. The molecule has 0 heterocycles. The van der Waals surface area contributed by atoms with Gasteiger partial charge in [0.05, 0.1) is 13.2 Å². The van der Waals surface area contributed by atoms with E-state index in [1.54, 1.807) is 7.11 Å².